The van der Waals surface area contributed by atoms with Gasteiger partial charge in [-0.15, -0.1) is 0 Å². The molecule has 1 aliphatic heterocycles. The molecule has 1 aromatic carbocycles. The number of rotatable bonds is 3. The molecule has 4 nitrogen and oxygen atoms in total. The number of nitrogens with one attached hydrogen (secondary N) is 1. The average Bonchev–Trinajstić information content (AvgIpc) is 2.47. The number of likely N-dealkylation sites (tertiary alicyclic amines) is 1. The van der Waals surface area contributed by atoms with E-state index in [1.807, 2.05) is 30.3 Å². The molecule has 1 heterocycles. The fourth-order valence-electron chi connectivity index (χ4n) is 2.26. The van der Waals surface area contributed by atoms with Crippen molar-refractivity contribution < 1.29 is 9.59 Å². The van der Waals surface area contributed by atoms with Gasteiger partial charge in [0.25, 0.3) is 0 Å². The van der Waals surface area contributed by atoms with Crippen molar-refractivity contribution in [1.82, 2.24) is 4.90 Å². The Bertz CT molecular complexity index is 462. The molecule has 0 aliphatic carbocycles. The topological polar surface area (TPSA) is 49.4 Å². The second-order valence-corrected chi connectivity index (χ2v) is 4.66. The Morgan fingerprint density at radius 1 is 1.21 bits per heavy atom. The maximum absolute atomic E-state index is 12.1. The number of carbonyl (C=O) groups is 2. The number of hydrogen-bond donors (Lipinski definition) is 1. The fraction of sp³-hybridized carbons (Fsp3) is 0.333. The van der Waals surface area contributed by atoms with E-state index < -0.39 is 0 Å². The second kappa shape index (κ2) is 6.18. The van der Waals surface area contributed by atoms with Crippen molar-refractivity contribution in [3.63, 3.8) is 0 Å². The third-order valence-corrected chi connectivity index (χ3v) is 3.39. The molecule has 0 aromatic heterocycles. The average molecular weight is 258 g/mol. The number of nitrogens with zero attached hydrogens (tertiary/aromatic N) is 1. The number of benzene rings is 1. The number of hydrogen-bond acceptors (Lipinski definition) is 2. The minimum absolute atomic E-state index is 0.0194. The van der Waals surface area contributed by atoms with Gasteiger partial charge in [-0.1, -0.05) is 24.8 Å². The Kier molecular flexibility index (Phi) is 4.34. The lowest BCUT2D eigenvalue weighted by atomic mass is 9.95. The SMILES string of the molecule is C=CC(=O)N1CCC(C(=O)Nc2ccccc2)CC1. The van der Waals surface area contributed by atoms with Crippen LogP contribution < -0.4 is 5.32 Å². The van der Waals surface area contributed by atoms with Gasteiger partial charge in [-0.3, -0.25) is 9.59 Å². The summed E-state index contributed by atoms with van der Waals surface area (Å²) in [5.74, 6) is -0.0344. The lowest BCUT2D eigenvalue weighted by molar-refractivity contribution is -0.130. The van der Waals surface area contributed by atoms with Crippen LogP contribution in [0.2, 0.25) is 0 Å². The Morgan fingerprint density at radius 2 is 1.84 bits per heavy atom. The number of piperidine rings is 1. The Morgan fingerprint density at radius 3 is 2.42 bits per heavy atom. The van der Waals surface area contributed by atoms with Gasteiger partial charge in [0.2, 0.25) is 11.8 Å². The summed E-state index contributed by atoms with van der Waals surface area (Å²) in [6, 6.07) is 9.43. The summed E-state index contributed by atoms with van der Waals surface area (Å²) in [5, 5.41) is 2.91. The van der Waals surface area contributed by atoms with E-state index >= 15 is 0 Å². The first-order valence-corrected chi connectivity index (χ1v) is 6.48. The highest BCUT2D eigenvalue weighted by molar-refractivity contribution is 5.93. The molecule has 2 rings (SSSR count). The molecular formula is C15H18N2O2. The molecule has 2 amide bonds. The van der Waals surface area contributed by atoms with E-state index in [0.717, 1.165) is 5.69 Å². The van der Waals surface area contributed by atoms with Crippen molar-refractivity contribution in [2.45, 2.75) is 12.8 Å². The van der Waals surface area contributed by atoms with Gasteiger partial charge in [-0.05, 0) is 31.1 Å². The summed E-state index contributed by atoms with van der Waals surface area (Å²) in [5.41, 5.74) is 0.817. The Labute approximate surface area is 113 Å². The molecule has 1 N–H and O–H groups in total. The molecule has 19 heavy (non-hydrogen) atoms. The number of para-hydroxylation sites is 1. The Hall–Kier alpha value is -2.10. The van der Waals surface area contributed by atoms with Crippen molar-refractivity contribution >= 4 is 17.5 Å². The predicted molar refractivity (Wildman–Crippen MR) is 74.6 cm³/mol. The highest BCUT2D eigenvalue weighted by Crippen LogP contribution is 2.19. The third kappa shape index (κ3) is 3.44. The van der Waals surface area contributed by atoms with Gasteiger partial charge in [0.15, 0.2) is 0 Å². The minimum atomic E-state index is -0.0538. The van der Waals surface area contributed by atoms with E-state index in [0.29, 0.717) is 25.9 Å². The fourth-order valence-corrected chi connectivity index (χ4v) is 2.26. The van der Waals surface area contributed by atoms with Gasteiger partial charge in [-0.25, -0.2) is 0 Å². The van der Waals surface area contributed by atoms with Crippen molar-refractivity contribution in [1.29, 1.82) is 0 Å². The van der Waals surface area contributed by atoms with Gasteiger partial charge in [0, 0.05) is 24.7 Å². The highest BCUT2D eigenvalue weighted by atomic mass is 16.2. The van der Waals surface area contributed by atoms with Gasteiger partial charge >= 0.3 is 0 Å². The van der Waals surface area contributed by atoms with E-state index in [2.05, 4.69) is 11.9 Å². The number of carbonyl (C=O) groups excluding carboxylic acids is 2. The molecule has 1 aromatic rings. The smallest absolute Gasteiger partial charge is 0.245 e. The molecule has 1 saturated heterocycles. The monoisotopic (exact) mass is 258 g/mol. The standard InChI is InChI=1S/C15H18N2O2/c1-2-14(18)17-10-8-12(9-11-17)15(19)16-13-6-4-3-5-7-13/h2-7,12H,1,8-11H2,(H,16,19). The number of anilines is 1. The largest absolute Gasteiger partial charge is 0.339 e. The molecule has 4 heteroatoms. The van der Waals surface area contributed by atoms with Crippen LogP contribution in [0.1, 0.15) is 12.8 Å². The highest BCUT2D eigenvalue weighted by Gasteiger charge is 2.26. The molecule has 0 saturated carbocycles. The van der Waals surface area contributed by atoms with Crippen LogP contribution in [0.3, 0.4) is 0 Å². The van der Waals surface area contributed by atoms with Gasteiger partial charge in [0.1, 0.15) is 0 Å². The van der Waals surface area contributed by atoms with Gasteiger partial charge in [0.05, 0.1) is 0 Å². The van der Waals surface area contributed by atoms with E-state index in [9.17, 15) is 9.59 Å². The zero-order valence-corrected chi connectivity index (χ0v) is 10.8. The molecule has 0 spiro atoms. The molecule has 1 aliphatic rings. The minimum Gasteiger partial charge on any atom is -0.339 e. The van der Waals surface area contributed by atoms with Crippen molar-refractivity contribution in [2.24, 2.45) is 5.92 Å². The summed E-state index contributed by atoms with van der Waals surface area (Å²) in [6.07, 6.45) is 2.74. The molecule has 0 bridgehead atoms. The van der Waals surface area contributed by atoms with Crippen LogP contribution in [0.25, 0.3) is 0 Å². The van der Waals surface area contributed by atoms with Crippen LogP contribution in [0.4, 0.5) is 5.69 Å². The maximum atomic E-state index is 12.1. The van der Waals surface area contributed by atoms with E-state index in [1.165, 1.54) is 6.08 Å². The quantitative estimate of drug-likeness (QED) is 0.844. The summed E-state index contributed by atoms with van der Waals surface area (Å²) < 4.78 is 0. The first-order valence-electron chi connectivity index (χ1n) is 6.48. The van der Waals surface area contributed by atoms with E-state index in [4.69, 9.17) is 0 Å². The molecule has 0 atom stereocenters. The third-order valence-electron chi connectivity index (χ3n) is 3.39. The summed E-state index contributed by atoms with van der Waals surface area (Å²) in [7, 11) is 0. The van der Waals surface area contributed by atoms with Crippen LogP contribution in [0, 0.1) is 5.92 Å². The summed E-state index contributed by atoms with van der Waals surface area (Å²) in [4.78, 5) is 25.3. The van der Waals surface area contributed by atoms with Crippen molar-refractivity contribution in [3.8, 4) is 0 Å². The van der Waals surface area contributed by atoms with Gasteiger partial charge < -0.3 is 10.2 Å². The second-order valence-electron chi connectivity index (χ2n) is 4.66. The lowest BCUT2D eigenvalue weighted by Gasteiger charge is -2.30. The maximum Gasteiger partial charge on any atom is 0.245 e. The lowest BCUT2D eigenvalue weighted by Crippen LogP contribution is -2.40. The molecule has 100 valence electrons. The van der Waals surface area contributed by atoms with Gasteiger partial charge in [-0.2, -0.15) is 0 Å². The molecule has 1 fully saturated rings. The zero-order valence-electron chi connectivity index (χ0n) is 10.8. The van der Waals surface area contributed by atoms with Crippen molar-refractivity contribution in [2.75, 3.05) is 18.4 Å². The van der Waals surface area contributed by atoms with E-state index in [-0.39, 0.29) is 17.7 Å². The number of amides is 2. The Balaban J connectivity index is 1.86. The molecule has 0 radical (unpaired) electrons. The molecule has 0 unspecified atom stereocenters. The zero-order chi connectivity index (χ0) is 13.7. The first-order chi connectivity index (χ1) is 9.20. The normalized spacial score (nSPS) is 15.9. The van der Waals surface area contributed by atoms with E-state index in [1.54, 1.807) is 4.90 Å². The molecular weight excluding hydrogens is 240 g/mol. The van der Waals surface area contributed by atoms with Crippen LogP contribution in [0.15, 0.2) is 43.0 Å². The van der Waals surface area contributed by atoms with Crippen LogP contribution in [-0.2, 0) is 9.59 Å². The summed E-state index contributed by atoms with van der Waals surface area (Å²) >= 11 is 0. The van der Waals surface area contributed by atoms with Crippen LogP contribution in [-0.4, -0.2) is 29.8 Å². The first kappa shape index (κ1) is 13.3. The van der Waals surface area contributed by atoms with Crippen LogP contribution in [0.5, 0.6) is 0 Å². The van der Waals surface area contributed by atoms with Crippen LogP contribution >= 0.6 is 0 Å². The summed E-state index contributed by atoms with van der Waals surface area (Å²) in [6.45, 7) is 4.72. The van der Waals surface area contributed by atoms with Crippen molar-refractivity contribution in [3.05, 3.63) is 43.0 Å². The predicted octanol–water partition coefficient (Wildman–Crippen LogP) is 2.05.